The Hall–Kier alpha value is -2.40. The summed E-state index contributed by atoms with van der Waals surface area (Å²) in [5.74, 6) is 0.728. The summed E-state index contributed by atoms with van der Waals surface area (Å²) >= 11 is 0. The van der Waals surface area contributed by atoms with Gasteiger partial charge in [-0.3, -0.25) is 9.69 Å². The molecule has 148 valence electrons. The van der Waals surface area contributed by atoms with E-state index >= 15 is 0 Å². The van der Waals surface area contributed by atoms with Crippen LogP contribution in [0.3, 0.4) is 0 Å². The van der Waals surface area contributed by atoms with Crippen molar-refractivity contribution in [3.05, 3.63) is 65.5 Å². The Morgan fingerprint density at radius 3 is 2.50 bits per heavy atom. The Morgan fingerprint density at radius 2 is 1.82 bits per heavy atom. The number of carbonyl (C=O) groups excluding carboxylic acids is 1. The van der Waals surface area contributed by atoms with E-state index in [1.165, 1.54) is 11.6 Å². The van der Waals surface area contributed by atoms with Gasteiger partial charge in [0.1, 0.15) is 11.6 Å². The Morgan fingerprint density at radius 1 is 1.07 bits per heavy atom. The Bertz CT molecular complexity index is 842. The van der Waals surface area contributed by atoms with Gasteiger partial charge in [0.05, 0.1) is 12.5 Å². The summed E-state index contributed by atoms with van der Waals surface area (Å²) < 4.78 is 19.5. The third kappa shape index (κ3) is 3.76. The van der Waals surface area contributed by atoms with Gasteiger partial charge < -0.3 is 9.64 Å². The normalized spacial score (nSPS) is 18.7. The molecule has 0 N–H and O–H groups in total. The molecule has 0 aromatic heterocycles. The first kappa shape index (κ1) is 18.9. The van der Waals surface area contributed by atoms with Crippen LogP contribution in [0.2, 0.25) is 0 Å². The lowest BCUT2D eigenvalue weighted by molar-refractivity contribution is -0.135. The highest BCUT2D eigenvalue weighted by Crippen LogP contribution is 2.50. The molecule has 0 atom stereocenters. The molecule has 2 aromatic carbocycles. The van der Waals surface area contributed by atoms with Crippen molar-refractivity contribution in [3.8, 4) is 5.75 Å². The maximum Gasteiger partial charge on any atom is 0.233 e. The molecular formula is C23H27FN2O2. The zero-order chi connectivity index (χ0) is 19.6. The number of benzene rings is 2. The van der Waals surface area contributed by atoms with Crippen molar-refractivity contribution in [1.82, 2.24) is 9.80 Å². The van der Waals surface area contributed by atoms with Crippen LogP contribution in [-0.4, -0.2) is 55.5 Å². The zero-order valence-corrected chi connectivity index (χ0v) is 16.4. The molecule has 2 aliphatic rings. The summed E-state index contributed by atoms with van der Waals surface area (Å²) in [7, 11) is 1.68. The number of rotatable bonds is 6. The van der Waals surface area contributed by atoms with Gasteiger partial charge in [-0.25, -0.2) is 4.39 Å². The summed E-state index contributed by atoms with van der Waals surface area (Å²) in [6, 6.07) is 14.9. The molecule has 0 spiro atoms. The second-order valence-corrected chi connectivity index (χ2v) is 7.80. The Balaban J connectivity index is 1.32. The molecule has 1 heterocycles. The van der Waals surface area contributed by atoms with Crippen LogP contribution in [0.1, 0.15) is 24.0 Å². The topological polar surface area (TPSA) is 32.8 Å². The number of hydrogen-bond acceptors (Lipinski definition) is 3. The molecule has 2 fully saturated rings. The lowest BCUT2D eigenvalue weighted by Crippen LogP contribution is -2.51. The van der Waals surface area contributed by atoms with Crippen molar-refractivity contribution in [2.75, 3.05) is 39.8 Å². The highest BCUT2D eigenvalue weighted by molar-refractivity contribution is 5.91. The number of ether oxygens (including phenoxy) is 1. The molecule has 1 aliphatic carbocycles. The average Bonchev–Trinajstić information content (AvgIpc) is 3.54. The van der Waals surface area contributed by atoms with Gasteiger partial charge in [-0.2, -0.15) is 0 Å². The predicted octanol–water partition coefficient (Wildman–Crippen LogP) is 3.25. The number of amides is 1. The van der Waals surface area contributed by atoms with E-state index in [2.05, 4.69) is 17.0 Å². The summed E-state index contributed by atoms with van der Waals surface area (Å²) in [4.78, 5) is 17.4. The van der Waals surface area contributed by atoms with E-state index in [4.69, 9.17) is 4.74 Å². The average molecular weight is 382 g/mol. The first-order valence-corrected chi connectivity index (χ1v) is 10.0. The molecule has 28 heavy (non-hydrogen) atoms. The minimum Gasteiger partial charge on any atom is -0.497 e. The molecule has 1 saturated heterocycles. The largest absolute Gasteiger partial charge is 0.497 e. The standard InChI is InChI=1S/C23H27FN2O2/c1-28-19-6-4-5-18(17-19)9-12-25-13-15-26(16-14-25)22(27)23(10-11-23)20-7-2-3-8-21(20)24/h2-8,17H,9-16H2,1H3. The number of nitrogens with zero attached hydrogens (tertiary/aromatic N) is 2. The van der Waals surface area contributed by atoms with Crippen LogP contribution in [0.5, 0.6) is 5.75 Å². The third-order valence-corrected chi connectivity index (χ3v) is 6.06. The van der Waals surface area contributed by atoms with Gasteiger partial charge in [0.2, 0.25) is 5.91 Å². The molecule has 0 bridgehead atoms. The van der Waals surface area contributed by atoms with Gasteiger partial charge in [0.15, 0.2) is 0 Å². The first-order valence-electron chi connectivity index (χ1n) is 10.0. The molecule has 5 heteroatoms. The van der Waals surface area contributed by atoms with Crippen LogP contribution in [-0.2, 0) is 16.6 Å². The number of methoxy groups -OCH3 is 1. The van der Waals surface area contributed by atoms with Crippen molar-refractivity contribution in [3.63, 3.8) is 0 Å². The van der Waals surface area contributed by atoms with E-state index in [-0.39, 0.29) is 11.7 Å². The summed E-state index contributed by atoms with van der Waals surface area (Å²) in [6.45, 7) is 4.13. The highest BCUT2D eigenvalue weighted by atomic mass is 19.1. The van der Waals surface area contributed by atoms with Crippen LogP contribution in [0.15, 0.2) is 48.5 Å². The van der Waals surface area contributed by atoms with Gasteiger partial charge in [0.25, 0.3) is 0 Å². The fraction of sp³-hybridized carbons (Fsp3) is 0.435. The van der Waals surface area contributed by atoms with E-state index in [1.54, 1.807) is 19.2 Å². The number of halogens is 1. The van der Waals surface area contributed by atoms with Crippen molar-refractivity contribution in [2.24, 2.45) is 0 Å². The predicted molar refractivity (Wildman–Crippen MR) is 107 cm³/mol. The van der Waals surface area contributed by atoms with E-state index in [0.717, 1.165) is 44.6 Å². The molecule has 1 amide bonds. The van der Waals surface area contributed by atoms with Crippen molar-refractivity contribution in [2.45, 2.75) is 24.7 Å². The maximum absolute atomic E-state index is 14.2. The smallest absolute Gasteiger partial charge is 0.233 e. The van der Waals surface area contributed by atoms with Crippen LogP contribution >= 0.6 is 0 Å². The molecule has 1 aliphatic heterocycles. The highest BCUT2D eigenvalue weighted by Gasteiger charge is 2.54. The van der Waals surface area contributed by atoms with E-state index in [1.807, 2.05) is 23.1 Å². The van der Waals surface area contributed by atoms with Gasteiger partial charge in [-0.1, -0.05) is 30.3 Å². The molecular weight excluding hydrogens is 355 g/mol. The van der Waals surface area contributed by atoms with Crippen molar-refractivity contribution in [1.29, 1.82) is 0 Å². The van der Waals surface area contributed by atoms with Crippen LogP contribution in [0, 0.1) is 5.82 Å². The zero-order valence-electron chi connectivity index (χ0n) is 16.4. The number of piperazine rings is 1. The molecule has 4 nitrogen and oxygen atoms in total. The minimum absolute atomic E-state index is 0.102. The molecule has 2 aromatic rings. The second kappa shape index (κ2) is 7.92. The third-order valence-electron chi connectivity index (χ3n) is 6.06. The number of hydrogen-bond donors (Lipinski definition) is 0. The van der Waals surface area contributed by atoms with Crippen molar-refractivity contribution >= 4 is 5.91 Å². The van der Waals surface area contributed by atoms with Crippen LogP contribution in [0.4, 0.5) is 4.39 Å². The molecule has 4 rings (SSSR count). The van der Waals surface area contributed by atoms with Crippen LogP contribution < -0.4 is 4.74 Å². The van der Waals surface area contributed by atoms with Crippen molar-refractivity contribution < 1.29 is 13.9 Å². The molecule has 0 unspecified atom stereocenters. The number of carbonyl (C=O) groups is 1. The fourth-order valence-electron chi connectivity index (χ4n) is 4.17. The van der Waals surface area contributed by atoms with E-state index in [0.29, 0.717) is 18.7 Å². The summed E-state index contributed by atoms with van der Waals surface area (Å²) in [5, 5.41) is 0. The van der Waals surface area contributed by atoms with E-state index < -0.39 is 5.41 Å². The SMILES string of the molecule is COc1cccc(CCN2CCN(C(=O)C3(c4ccccc4F)CC3)CC2)c1. The minimum atomic E-state index is -0.617. The summed E-state index contributed by atoms with van der Waals surface area (Å²) in [5.41, 5.74) is 1.21. The maximum atomic E-state index is 14.2. The van der Waals surface area contributed by atoms with Gasteiger partial charge in [0, 0.05) is 38.3 Å². The monoisotopic (exact) mass is 382 g/mol. The second-order valence-electron chi connectivity index (χ2n) is 7.80. The fourth-order valence-corrected chi connectivity index (χ4v) is 4.17. The summed E-state index contributed by atoms with van der Waals surface area (Å²) in [6.07, 6.45) is 2.47. The van der Waals surface area contributed by atoms with Gasteiger partial charge >= 0.3 is 0 Å². The van der Waals surface area contributed by atoms with Crippen LogP contribution in [0.25, 0.3) is 0 Å². The molecule has 0 radical (unpaired) electrons. The van der Waals surface area contributed by atoms with Gasteiger partial charge in [-0.05, 0) is 43.0 Å². The van der Waals surface area contributed by atoms with E-state index in [9.17, 15) is 9.18 Å². The molecule has 1 saturated carbocycles. The Labute approximate surface area is 165 Å². The Kier molecular flexibility index (Phi) is 5.36. The lowest BCUT2D eigenvalue weighted by atomic mass is 9.93. The lowest BCUT2D eigenvalue weighted by Gasteiger charge is -2.36. The first-order chi connectivity index (χ1) is 13.6. The quantitative estimate of drug-likeness (QED) is 0.769. The van der Waals surface area contributed by atoms with Gasteiger partial charge in [-0.15, -0.1) is 0 Å².